The lowest BCUT2D eigenvalue weighted by molar-refractivity contribution is 0.354. The summed E-state index contributed by atoms with van der Waals surface area (Å²) in [6.45, 7) is 1.31. The van der Waals surface area contributed by atoms with E-state index in [1.165, 1.54) is 0 Å². The molecule has 3 rings (SSSR count). The molecule has 7 nitrogen and oxygen atoms in total. The maximum Gasteiger partial charge on any atom is 0.257 e. The molecule has 0 aliphatic heterocycles. The topological polar surface area (TPSA) is 78.6 Å². The van der Waals surface area contributed by atoms with Crippen molar-refractivity contribution in [3.63, 3.8) is 0 Å². The summed E-state index contributed by atoms with van der Waals surface area (Å²) >= 11 is 0. The fraction of sp³-hybridized carbons (Fsp3) is 0.300. The van der Waals surface area contributed by atoms with Gasteiger partial charge in [0, 0.05) is 5.56 Å². The maximum absolute atomic E-state index is 5.33. The van der Waals surface area contributed by atoms with Crippen molar-refractivity contribution in [2.45, 2.75) is 13.0 Å². The number of hydrogen-bond acceptors (Lipinski definition) is 7. The molecule has 3 aromatic rings. The second-order valence-electron chi connectivity index (χ2n) is 5.86. The Kier molecular flexibility index (Phi) is 6.27. The Labute approximate surface area is 158 Å². The van der Waals surface area contributed by atoms with Crippen LogP contribution in [-0.2, 0) is 13.0 Å². The third-order valence-electron chi connectivity index (χ3n) is 4.13. The number of hydrogen-bond donors (Lipinski definition) is 1. The molecule has 0 atom stereocenters. The number of methoxy groups -OCH3 is 3. The normalized spacial score (nSPS) is 10.6. The van der Waals surface area contributed by atoms with Crippen molar-refractivity contribution >= 4 is 0 Å². The minimum atomic E-state index is 0.495. The van der Waals surface area contributed by atoms with E-state index in [0.717, 1.165) is 41.3 Å². The molecule has 0 amide bonds. The van der Waals surface area contributed by atoms with Gasteiger partial charge in [-0.15, -0.1) is 0 Å². The molecule has 1 aromatic heterocycles. The molecule has 0 saturated carbocycles. The summed E-state index contributed by atoms with van der Waals surface area (Å²) in [6, 6.07) is 13.4. The summed E-state index contributed by atoms with van der Waals surface area (Å²) < 4.78 is 21.0. The average Bonchev–Trinajstić information content (AvgIpc) is 3.20. The first kappa shape index (κ1) is 18.7. The van der Waals surface area contributed by atoms with Gasteiger partial charge in [0.05, 0.1) is 27.9 Å². The Morgan fingerprint density at radius 1 is 0.926 bits per heavy atom. The van der Waals surface area contributed by atoms with E-state index in [1.54, 1.807) is 21.3 Å². The van der Waals surface area contributed by atoms with Gasteiger partial charge >= 0.3 is 0 Å². The van der Waals surface area contributed by atoms with Gasteiger partial charge < -0.3 is 24.1 Å². The Morgan fingerprint density at radius 2 is 1.70 bits per heavy atom. The Morgan fingerprint density at radius 3 is 2.41 bits per heavy atom. The van der Waals surface area contributed by atoms with Crippen LogP contribution in [0, 0.1) is 0 Å². The van der Waals surface area contributed by atoms with Crippen LogP contribution >= 0.6 is 0 Å². The third-order valence-corrected chi connectivity index (χ3v) is 4.13. The fourth-order valence-corrected chi connectivity index (χ4v) is 2.65. The first-order valence-electron chi connectivity index (χ1n) is 8.62. The summed E-state index contributed by atoms with van der Waals surface area (Å²) in [5, 5.41) is 7.34. The SMILES string of the molecule is COc1ccc(-c2nc(CNCCc3ccc(OC)c(OC)c3)no2)cc1. The van der Waals surface area contributed by atoms with E-state index in [1.807, 2.05) is 42.5 Å². The first-order chi connectivity index (χ1) is 13.2. The zero-order valence-corrected chi connectivity index (χ0v) is 15.7. The highest BCUT2D eigenvalue weighted by molar-refractivity contribution is 5.54. The second-order valence-corrected chi connectivity index (χ2v) is 5.86. The molecule has 0 aliphatic rings. The van der Waals surface area contributed by atoms with Gasteiger partial charge in [-0.2, -0.15) is 4.98 Å². The number of nitrogens with one attached hydrogen (secondary N) is 1. The molecule has 27 heavy (non-hydrogen) atoms. The van der Waals surface area contributed by atoms with Crippen LogP contribution in [0.3, 0.4) is 0 Å². The van der Waals surface area contributed by atoms with Crippen molar-refractivity contribution in [2.24, 2.45) is 0 Å². The third kappa shape index (κ3) is 4.77. The zero-order chi connectivity index (χ0) is 19.1. The fourth-order valence-electron chi connectivity index (χ4n) is 2.65. The van der Waals surface area contributed by atoms with Crippen molar-refractivity contribution in [2.75, 3.05) is 27.9 Å². The van der Waals surface area contributed by atoms with Crippen LogP contribution < -0.4 is 19.5 Å². The molecule has 0 saturated heterocycles. The first-order valence-corrected chi connectivity index (χ1v) is 8.62. The number of ether oxygens (including phenoxy) is 3. The molecule has 0 spiro atoms. The van der Waals surface area contributed by atoms with Crippen molar-refractivity contribution < 1.29 is 18.7 Å². The zero-order valence-electron chi connectivity index (χ0n) is 15.7. The largest absolute Gasteiger partial charge is 0.497 e. The van der Waals surface area contributed by atoms with E-state index in [0.29, 0.717) is 18.3 Å². The molecule has 2 aromatic carbocycles. The molecule has 0 aliphatic carbocycles. The molecule has 0 fully saturated rings. The van der Waals surface area contributed by atoms with Gasteiger partial charge in [-0.1, -0.05) is 11.2 Å². The van der Waals surface area contributed by atoms with Crippen LogP contribution in [0.15, 0.2) is 47.0 Å². The van der Waals surface area contributed by atoms with Crippen LogP contribution in [0.4, 0.5) is 0 Å². The van der Waals surface area contributed by atoms with E-state index >= 15 is 0 Å². The molecule has 0 unspecified atom stereocenters. The van der Waals surface area contributed by atoms with Crippen molar-refractivity contribution in [3.05, 3.63) is 53.9 Å². The van der Waals surface area contributed by atoms with E-state index < -0.39 is 0 Å². The predicted octanol–water partition coefficient (Wildman–Crippen LogP) is 3.09. The molecule has 1 heterocycles. The Bertz CT molecular complexity index is 862. The van der Waals surface area contributed by atoms with Gasteiger partial charge in [0.25, 0.3) is 5.89 Å². The molecular weight excluding hydrogens is 346 g/mol. The molecule has 1 N–H and O–H groups in total. The van der Waals surface area contributed by atoms with Crippen LogP contribution in [0.25, 0.3) is 11.5 Å². The standard InChI is InChI=1S/C20H23N3O4/c1-24-16-7-5-15(6-8-16)20-22-19(23-27-20)13-21-11-10-14-4-9-17(25-2)18(12-14)26-3/h4-9,12,21H,10-11,13H2,1-3H3. The second kappa shape index (κ2) is 9.05. The van der Waals surface area contributed by atoms with Crippen molar-refractivity contribution in [1.29, 1.82) is 0 Å². The smallest absolute Gasteiger partial charge is 0.257 e. The van der Waals surface area contributed by atoms with Crippen molar-refractivity contribution in [3.8, 4) is 28.7 Å². The number of benzene rings is 2. The van der Waals surface area contributed by atoms with Crippen LogP contribution in [0.5, 0.6) is 17.2 Å². The van der Waals surface area contributed by atoms with Crippen LogP contribution in [0.2, 0.25) is 0 Å². The van der Waals surface area contributed by atoms with Gasteiger partial charge in [-0.3, -0.25) is 0 Å². The molecule has 7 heteroatoms. The van der Waals surface area contributed by atoms with Crippen LogP contribution in [-0.4, -0.2) is 38.0 Å². The molecule has 0 bridgehead atoms. The van der Waals surface area contributed by atoms with Gasteiger partial charge in [0.2, 0.25) is 0 Å². The maximum atomic E-state index is 5.33. The average molecular weight is 369 g/mol. The summed E-state index contributed by atoms with van der Waals surface area (Å²) in [7, 11) is 4.90. The summed E-state index contributed by atoms with van der Waals surface area (Å²) in [5.74, 6) is 3.36. The van der Waals surface area contributed by atoms with E-state index in [2.05, 4.69) is 15.5 Å². The summed E-state index contributed by atoms with van der Waals surface area (Å²) in [4.78, 5) is 4.41. The summed E-state index contributed by atoms with van der Waals surface area (Å²) in [6.07, 6.45) is 0.851. The number of rotatable bonds is 9. The lowest BCUT2D eigenvalue weighted by atomic mass is 10.1. The minimum absolute atomic E-state index is 0.495. The lowest BCUT2D eigenvalue weighted by Gasteiger charge is -2.09. The molecule has 142 valence electrons. The highest BCUT2D eigenvalue weighted by atomic mass is 16.5. The van der Waals surface area contributed by atoms with Gasteiger partial charge in [-0.25, -0.2) is 0 Å². The molecule has 0 radical (unpaired) electrons. The minimum Gasteiger partial charge on any atom is -0.497 e. The Hall–Kier alpha value is -3.06. The monoisotopic (exact) mass is 369 g/mol. The van der Waals surface area contributed by atoms with Crippen LogP contribution in [0.1, 0.15) is 11.4 Å². The lowest BCUT2D eigenvalue weighted by Crippen LogP contribution is -2.17. The van der Waals surface area contributed by atoms with E-state index in [4.69, 9.17) is 18.7 Å². The number of nitrogens with zero attached hydrogens (tertiary/aromatic N) is 2. The van der Waals surface area contributed by atoms with Crippen molar-refractivity contribution in [1.82, 2.24) is 15.5 Å². The Balaban J connectivity index is 1.50. The van der Waals surface area contributed by atoms with E-state index in [-0.39, 0.29) is 0 Å². The summed E-state index contributed by atoms with van der Waals surface area (Å²) in [5.41, 5.74) is 2.02. The quantitative estimate of drug-likeness (QED) is 0.581. The number of aromatic nitrogens is 2. The predicted molar refractivity (Wildman–Crippen MR) is 101 cm³/mol. The highest BCUT2D eigenvalue weighted by Crippen LogP contribution is 2.27. The van der Waals surface area contributed by atoms with E-state index in [9.17, 15) is 0 Å². The van der Waals surface area contributed by atoms with Gasteiger partial charge in [0.1, 0.15) is 5.75 Å². The molecular formula is C20H23N3O4. The highest BCUT2D eigenvalue weighted by Gasteiger charge is 2.09. The van der Waals surface area contributed by atoms with Gasteiger partial charge in [0.15, 0.2) is 17.3 Å². The van der Waals surface area contributed by atoms with Gasteiger partial charge in [-0.05, 0) is 54.9 Å².